The molecule has 1 unspecified atom stereocenters. The van der Waals surface area contributed by atoms with Gasteiger partial charge in [-0.3, -0.25) is 9.59 Å². The fourth-order valence-corrected chi connectivity index (χ4v) is 4.31. The average Bonchev–Trinajstić information content (AvgIpc) is 3.47. The summed E-state index contributed by atoms with van der Waals surface area (Å²) in [5, 5.41) is 5.25. The Hall–Kier alpha value is -3.39. The van der Waals surface area contributed by atoms with Crippen molar-refractivity contribution in [2.75, 3.05) is 23.6 Å². The molecule has 2 aliphatic rings. The number of thiazole rings is 1. The van der Waals surface area contributed by atoms with Crippen LogP contribution < -0.4 is 19.7 Å². The molecule has 0 spiro atoms. The molecule has 1 atom stereocenters. The minimum Gasteiger partial charge on any atom is -0.454 e. The Morgan fingerprint density at radius 3 is 2.80 bits per heavy atom. The predicted molar refractivity (Wildman–Crippen MR) is 114 cm³/mol. The molecule has 1 fully saturated rings. The maximum absolute atomic E-state index is 12.7. The molecule has 0 saturated carbocycles. The second-order valence-corrected chi connectivity index (χ2v) is 8.19. The maximum Gasteiger partial charge on any atom is 0.231 e. The summed E-state index contributed by atoms with van der Waals surface area (Å²) in [6.45, 7) is 2.59. The molecule has 1 N–H and O–H groups in total. The normalized spacial score (nSPS) is 17.4. The second-order valence-electron chi connectivity index (χ2n) is 7.34. The molecule has 1 aromatic heterocycles. The molecular weight excluding hydrogens is 402 g/mol. The minimum atomic E-state index is -0.406. The Kier molecular flexibility index (Phi) is 4.63. The number of rotatable bonds is 4. The van der Waals surface area contributed by atoms with Gasteiger partial charge in [0, 0.05) is 29.6 Å². The molecule has 0 radical (unpaired) electrons. The fraction of sp³-hybridized carbons (Fsp3) is 0.227. The molecule has 2 aliphatic heterocycles. The van der Waals surface area contributed by atoms with Gasteiger partial charge in [-0.05, 0) is 37.3 Å². The first-order chi connectivity index (χ1) is 14.6. The number of carbonyl (C=O) groups is 2. The number of nitrogens with zero attached hydrogens (tertiary/aromatic N) is 2. The van der Waals surface area contributed by atoms with Gasteiger partial charge in [-0.15, -0.1) is 11.3 Å². The van der Waals surface area contributed by atoms with Crippen LogP contribution in [-0.2, 0) is 9.59 Å². The third kappa shape index (κ3) is 3.50. The van der Waals surface area contributed by atoms with Crippen LogP contribution in [0, 0.1) is 12.8 Å². The van der Waals surface area contributed by atoms with Crippen LogP contribution in [0.25, 0.3) is 11.3 Å². The van der Waals surface area contributed by atoms with Gasteiger partial charge in [0.25, 0.3) is 0 Å². The lowest BCUT2D eigenvalue weighted by Gasteiger charge is -2.16. The molecule has 152 valence electrons. The van der Waals surface area contributed by atoms with Crippen LogP contribution in [0.5, 0.6) is 11.5 Å². The number of ether oxygens (including phenoxy) is 2. The van der Waals surface area contributed by atoms with Gasteiger partial charge in [0.2, 0.25) is 18.6 Å². The molecule has 5 rings (SSSR count). The van der Waals surface area contributed by atoms with E-state index in [9.17, 15) is 9.59 Å². The topological polar surface area (TPSA) is 80.8 Å². The maximum atomic E-state index is 12.7. The quantitative estimate of drug-likeness (QED) is 0.692. The number of aromatic nitrogens is 1. The second kappa shape index (κ2) is 7.46. The van der Waals surface area contributed by atoms with Crippen molar-refractivity contribution in [2.24, 2.45) is 5.92 Å². The number of anilines is 2. The first-order valence-corrected chi connectivity index (χ1v) is 10.5. The van der Waals surface area contributed by atoms with Gasteiger partial charge in [-0.25, -0.2) is 4.98 Å². The SMILES string of the molecule is Cc1ccc(N2CC(C(=O)Nc3nc(-c4ccc5c(c4)OCO5)cs3)CC2=O)cc1. The largest absolute Gasteiger partial charge is 0.454 e. The van der Waals surface area contributed by atoms with Crippen molar-refractivity contribution in [1.82, 2.24) is 4.98 Å². The summed E-state index contributed by atoms with van der Waals surface area (Å²) in [6, 6.07) is 13.4. The number of benzene rings is 2. The number of nitrogens with one attached hydrogen (secondary N) is 1. The van der Waals surface area contributed by atoms with Gasteiger partial charge in [0.15, 0.2) is 16.6 Å². The molecule has 2 amide bonds. The number of carbonyl (C=O) groups excluding carboxylic acids is 2. The first-order valence-electron chi connectivity index (χ1n) is 9.60. The molecule has 1 saturated heterocycles. The summed E-state index contributed by atoms with van der Waals surface area (Å²) in [5.74, 6) is 0.763. The lowest BCUT2D eigenvalue weighted by atomic mass is 10.1. The van der Waals surface area contributed by atoms with Crippen LogP contribution in [0.1, 0.15) is 12.0 Å². The summed E-state index contributed by atoms with van der Waals surface area (Å²) < 4.78 is 10.7. The lowest BCUT2D eigenvalue weighted by Crippen LogP contribution is -2.28. The number of hydrogen-bond acceptors (Lipinski definition) is 6. The van der Waals surface area contributed by atoms with Crippen molar-refractivity contribution in [1.29, 1.82) is 0 Å². The number of aryl methyl sites for hydroxylation is 1. The highest BCUT2D eigenvalue weighted by molar-refractivity contribution is 7.14. The van der Waals surface area contributed by atoms with Crippen molar-refractivity contribution < 1.29 is 19.1 Å². The van der Waals surface area contributed by atoms with E-state index in [1.807, 2.05) is 54.8 Å². The molecule has 0 aliphatic carbocycles. The number of amides is 2. The van der Waals surface area contributed by atoms with Crippen LogP contribution in [0.15, 0.2) is 47.8 Å². The highest BCUT2D eigenvalue weighted by Crippen LogP contribution is 2.36. The molecular formula is C22H19N3O4S. The summed E-state index contributed by atoms with van der Waals surface area (Å²) in [6.07, 6.45) is 0.195. The first kappa shape index (κ1) is 18.6. The van der Waals surface area contributed by atoms with Crippen LogP contribution in [0.2, 0.25) is 0 Å². The van der Waals surface area contributed by atoms with E-state index in [-0.39, 0.29) is 25.0 Å². The highest BCUT2D eigenvalue weighted by atomic mass is 32.1. The summed E-state index contributed by atoms with van der Waals surface area (Å²) in [4.78, 5) is 31.3. The van der Waals surface area contributed by atoms with Crippen molar-refractivity contribution in [3.05, 3.63) is 53.4 Å². The minimum absolute atomic E-state index is 0.0424. The summed E-state index contributed by atoms with van der Waals surface area (Å²) in [5.41, 5.74) is 3.58. The van der Waals surface area contributed by atoms with Crippen molar-refractivity contribution >= 4 is 34.0 Å². The standard InChI is InChI=1S/C22H19N3O4S/c1-13-2-5-16(6-3-13)25-10-15(9-20(25)26)21(27)24-22-23-17(11-30-22)14-4-7-18-19(8-14)29-12-28-18/h2-8,11,15H,9-10,12H2,1H3,(H,23,24,27). The van der Waals surface area contributed by atoms with Gasteiger partial charge in [-0.2, -0.15) is 0 Å². The van der Waals surface area contributed by atoms with Gasteiger partial charge in [-0.1, -0.05) is 17.7 Å². The smallest absolute Gasteiger partial charge is 0.231 e. The summed E-state index contributed by atoms with van der Waals surface area (Å²) >= 11 is 1.35. The molecule has 8 heteroatoms. The molecule has 30 heavy (non-hydrogen) atoms. The van der Waals surface area contributed by atoms with Gasteiger partial charge >= 0.3 is 0 Å². The monoisotopic (exact) mass is 421 g/mol. The van der Waals surface area contributed by atoms with E-state index in [1.54, 1.807) is 4.90 Å². The van der Waals surface area contributed by atoms with E-state index in [0.717, 1.165) is 22.5 Å². The van der Waals surface area contributed by atoms with Gasteiger partial charge < -0.3 is 19.7 Å². The zero-order valence-electron chi connectivity index (χ0n) is 16.3. The Morgan fingerprint density at radius 1 is 1.17 bits per heavy atom. The average molecular weight is 421 g/mol. The summed E-state index contributed by atoms with van der Waals surface area (Å²) in [7, 11) is 0. The van der Waals surface area contributed by atoms with Crippen LogP contribution in [0.3, 0.4) is 0 Å². The van der Waals surface area contributed by atoms with Crippen LogP contribution >= 0.6 is 11.3 Å². The van der Waals surface area contributed by atoms with Gasteiger partial charge in [0.05, 0.1) is 11.6 Å². The predicted octanol–water partition coefficient (Wildman–Crippen LogP) is 3.84. The zero-order valence-corrected chi connectivity index (χ0v) is 17.1. The Bertz CT molecular complexity index is 1130. The van der Waals surface area contributed by atoms with Gasteiger partial charge in [0.1, 0.15) is 0 Å². The molecule has 3 aromatic rings. The van der Waals surface area contributed by atoms with E-state index >= 15 is 0 Å². The van der Waals surface area contributed by atoms with Crippen molar-refractivity contribution in [3.8, 4) is 22.8 Å². The van der Waals surface area contributed by atoms with E-state index in [0.29, 0.717) is 23.2 Å². The van der Waals surface area contributed by atoms with E-state index in [4.69, 9.17) is 9.47 Å². The Morgan fingerprint density at radius 2 is 1.97 bits per heavy atom. The third-order valence-electron chi connectivity index (χ3n) is 5.24. The number of hydrogen-bond donors (Lipinski definition) is 1. The van der Waals surface area contributed by atoms with E-state index in [1.165, 1.54) is 11.3 Å². The lowest BCUT2D eigenvalue weighted by molar-refractivity contribution is -0.122. The fourth-order valence-electron chi connectivity index (χ4n) is 3.58. The number of fused-ring (bicyclic) bond motifs is 1. The molecule has 0 bridgehead atoms. The Balaban J connectivity index is 1.26. The van der Waals surface area contributed by atoms with E-state index in [2.05, 4.69) is 10.3 Å². The van der Waals surface area contributed by atoms with Crippen LogP contribution in [0.4, 0.5) is 10.8 Å². The Labute approximate surface area is 177 Å². The molecule has 7 nitrogen and oxygen atoms in total. The third-order valence-corrected chi connectivity index (χ3v) is 6.00. The van der Waals surface area contributed by atoms with Crippen molar-refractivity contribution in [2.45, 2.75) is 13.3 Å². The molecule has 2 aromatic carbocycles. The molecule has 3 heterocycles. The van der Waals surface area contributed by atoms with Crippen molar-refractivity contribution in [3.63, 3.8) is 0 Å². The van der Waals surface area contributed by atoms with Crippen LogP contribution in [-0.4, -0.2) is 30.1 Å². The van der Waals surface area contributed by atoms with E-state index < -0.39 is 5.92 Å². The highest BCUT2D eigenvalue weighted by Gasteiger charge is 2.35. The zero-order chi connectivity index (χ0) is 20.7.